The van der Waals surface area contributed by atoms with Crippen molar-refractivity contribution in [1.29, 1.82) is 0 Å². The number of amides is 1. The Kier molecular flexibility index (Phi) is 9.27. The molecule has 13 nitrogen and oxygen atoms in total. The van der Waals surface area contributed by atoms with Crippen LogP contribution in [0.4, 0.5) is 14.9 Å². The van der Waals surface area contributed by atoms with Gasteiger partial charge in [0.2, 0.25) is 0 Å². The van der Waals surface area contributed by atoms with Crippen molar-refractivity contribution in [3.63, 3.8) is 0 Å². The van der Waals surface area contributed by atoms with Crippen LogP contribution in [-0.4, -0.2) is 57.0 Å². The Morgan fingerprint density at radius 1 is 1.24 bits per heavy atom. The van der Waals surface area contributed by atoms with Gasteiger partial charge in [0.25, 0.3) is 5.95 Å². The Balaban J connectivity index is 1.72. The number of nitrogens with zero attached hydrogens (tertiary/aromatic N) is 5. The molecule has 42 heavy (non-hydrogen) atoms. The van der Waals surface area contributed by atoms with E-state index in [0.29, 0.717) is 22.6 Å². The molecule has 2 aromatic heterocycles. The molecule has 0 fully saturated rings. The highest BCUT2D eigenvalue weighted by molar-refractivity contribution is 6.02. The number of anilines is 1. The van der Waals surface area contributed by atoms with E-state index in [1.54, 1.807) is 44.2 Å². The number of nitrogens with one attached hydrogen (secondary N) is 2. The maximum Gasteiger partial charge on any atom is 0.435 e. The molecule has 218 valence electrons. The van der Waals surface area contributed by atoms with Crippen LogP contribution < -0.4 is 26.2 Å². The van der Waals surface area contributed by atoms with E-state index in [0.717, 1.165) is 4.68 Å². The van der Waals surface area contributed by atoms with E-state index in [-0.39, 0.29) is 42.1 Å². The number of halogens is 1. The van der Waals surface area contributed by atoms with Gasteiger partial charge in [-0.1, -0.05) is 6.58 Å². The molecule has 0 aliphatic carbocycles. The van der Waals surface area contributed by atoms with Gasteiger partial charge in [0.1, 0.15) is 24.2 Å². The van der Waals surface area contributed by atoms with Crippen LogP contribution in [0.3, 0.4) is 0 Å². The summed E-state index contributed by atoms with van der Waals surface area (Å²) in [5, 5.41) is 7.53. The Morgan fingerprint density at radius 3 is 2.60 bits per heavy atom. The van der Waals surface area contributed by atoms with Crippen molar-refractivity contribution in [3.8, 4) is 17.4 Å². The van der Waals surface area contributed by atoms with E-state index in [1.807, 2.05) is 0 Å². The summed E-state index contributed by atoms with van der Waals surface area (Å²) in [7, 11) is 1.44. The van der Waals surface area contributed by atoms with E-state index in [2.05, 4.69) is 36.9 Å². The molecular formula is C28H29FN8O5. The highest BCUT2D eigenvalue weighted by Gasteiger charge is 2.27. The predicted octanol–water partition coefficient (Wildman–Crippen LogP) is 3.52. The maximum absolute atomic E-state index is 15.8. The zero-order chi connectivity index (χ0) is 30.2. The molecule has 1 atom stereocenters. The smallest absolute Gasteiger partial charge is 0.435 e. The summed E-state index contributed by atoms with van der Waals surface area (Å²) >= 11 is 0. The second kappa shape index (κ2) is 13.2. The van der Waals surface area contributed by atoms with Crippen LogP contribution in [-0.2, 0) is 4.74 Å². The summed E-state index contributed by atoms with van der Waals surface area (Å²) in [4.78, 5) is 39.2. The fraction of sp³-hybridized carbons (Fsp3) is 0.214. The molecule has 0 aliphatic heterocycles. The molecule has 0 radical (unpaired) electrons. The molecule has 1 amide bonds. The SMILES string of the molecule is C=C(C)COC(=O)N=C(N)c1ccc(N[C@@H](c2nn(-c3ncccn3)c(=O)[nH]2)c2cc(OC)cc(OCC)c2F)cc1. The number of carbonyl (C=O) groups is 1. The number of aromatic nitrogens is 5. The van der Waals surface area contributed by atoms with Gasteiger partial charge in [-0.3, -0.25) is 4.98 Å². The highest BCUT2D eigenvalue weighted by Crippen LogP contribution is 2.35. The van der Waals surface area contributed by atoms with Crippen molar-refractivity contribution < 1.29 is 23.4 Å². The van der Waals surface area contributed by atoms with Crippen molar-refractivity contribution in [2.24, 2.45) is 10.7 Å². The maximum atomic E-state index is 15.8. The minimum atomic E-state index is -1.04. The van der Waals surface area contributed by atoms with Gasteiger partial charge in [-0.05, 0) is 55.8 Å². The third-order valence-corrected chi connectivity index (χ3v) is 5.68. The summed E-state index contributed by atoms with van der Waals surface area (Å²) in [6.07, 6.45) is 2.08. The number of aliphatic imine (C=N–C) groups is 1. The van der Waals surface area contributed by atoms with Crippen molar-refractivity contribution in [2.75, 3.05) is 25.6 Å². The third kappa shape index (κ3) is 6.96. The lowest BCUT2D eigenvalue weighted by molar-refractivity contribution is 0.167. The van der Waals surface area contributed by atoms with Gasteiger partial charge in [-0.25, -0.2) is 23.9 Å². The largest absolute Gasteiger partial charge is 0.497 e. The molecular weight excluding hydrogens is 547 g/mol. The van der Waals surface area contributed by atoms with E-state index < -0.39 is 23.6 Å². The number of hydrogen-bond acceptors (Lipinski definition) is 9. The van der Waals surface area contributed by atoms with Crippen molar-refractivity contribution in [3.05, 3.63) is 100 Å². The Bertz CT molecular complexity index is 1650. The summed E-state index contributed by atoms with van der Waals surface area (Å²) < 4.78 is 32.6. The van der Waals surface area contributed by atoms with Gasteiger partial charge < -0.3 is 25.3 Å². The molecule has 4 rings (SSSR count). The van der Waals surface area contributed by atoms with Gasteiger partial charge in [0.15, 0.2) is 17.4 Å². The Hall–Kier alpha value is -5.53. The van der Waals surface area contributed by atoms with E-state index in [4.69, 9.17) is 19.9 Å². The number of H-pyrrole nitrogens is 1. The molecule has 0 saturated carbocycles. The molecule has 14 heteroatoms. The first kappa shape index (κ1) is 29.5. The van der Waals surface area contributed by atoms with Crippen LogP contribution in [0.5, 0.6) is 11.5 Å². The quantitative estimate of drug-likeness (QED) is 0.136. The van der Waals surface area contributed by atoms with Crippen LogP contribution in [0.2, 0.25) is 0 Å². The number of carbonyl (C=O) groups excluding carboxylic acids is 1. The van der Waals surface area contributed by atoms with Crippen LogP contribution in [0.1, 0.15) is 36.8 Å². The molecule has 0 aliphatic rings. The summed E-state index contributed by atoms with van der Waals surface area (Å²) in [5.41, 5.74) is 7.01. The summed E-state index contributed by atoms with van der Waals surface area (Å²) in [6, 6.07) is 9.96. The Labute approximate surface area is 239 Å². The number of amidine groups is 1. The lowest BCUT2D eigenvalue weighted by Gasteiger charge is -2.21. The minimum absolute atomic E-state index is 0.0277. The fourth-order valence-electron chi connectivity index (χ4n) is 3.77. The van der Waals surface area contributed by atoms with Crippen molar-refractivity contribution in [1.82, 2.24) is 24.7 Å². The molecule has 4 aromatic rings. The number of methoxy groups -OCH3 is 1. The lowest BCUT2D eigenvalue weighted by atomic mass is 10.0. The van der Waals surface area contributed by atoms with E-state index in [1.165, 1.54) is 31.6 Å². The predicted molar refractivity (Wildman–Crippen MR) is 153 cm³/mol. The number of hydrogen-bond donors (Lipinski definition) is 3. The standard InChI is InChI=1S/C28H29FN8O5/c1-5-41-21-14-19(40-4)13-20(22(21)29)23(25-35-27(38)37(36-25)26-31-11-6-12-32-26)33-18-9-7-17(8-10-18)24(30)34-28(39)42-15-16(2)3/h6-14,23,33H,2,5,15H2,1,3-4H3,(H2,30,34,39)(H,35,36,38)/t23-/m1/s1. The molecule has 0 saturated heterocycles. The monoisotopic (exact) mass is 576 g/mol. The Morgan fingerprint density at radius 2 is 1.95 bits per heavy atom. The van der Waals surface area contributed by atoms with Gasteiger partial charge in [-0.2, -0.15) is 4.99 Å². The van der Waals surface area contributed by atoms with Gasteiger partial charge in [0, 0.05) is 35.3 Å². The zero-order valence-corrected chi connectivity index (χ0v) is 23.1. The van der Waals surface area contributed by atoms with E-state index in [9.17, 15) is 9.59 Å². The van der Waals surface area contributed by atoms with Crippen molar-refractivity contribution in [2.45, 2.75) is 19.9 Å². The van der Waals surface area contributed by atoms with Crippen LogP contribution >= 0.6 is 0 Å². The topological polar surface area (TPSA) is 172 Å². The molecule has 0 bridgehead atoms. The summed E-state index contributed by atoms with van der Waals surface area (Å²) in [5.74, 6) is -0.352. The normalized spacial score (nSPS) is 12.0. The molecule has 0 unspecified atom stereocenters. The van der Waals surface area contributed by atoms with Gasteiger partial charge >= 0.3 is 11.8 Å². The first-order valence-corrected chi connectivity index (χ1v) is 12.7. The average Bonchev–Trinajstić information content (AvgIpc) is 3.38. The number of benzene rings is 2. The van der Waals surface area contributed by atoms with Crippen LogP contribution in [0, 0.1) is 5.82 Å². The second-order valence-electron chi connectivity index (χ2n) is 8.90. The molecule has 4 N–H and O–H groups in total. The average molecular weight is 577 g/mol. The summed E-state index contributed by atoms with van der Waals surface area (Å²) in [6.45, 7) is 7.34. The number of rotatable bonds is 11. The number of ether oxygens (including phenoxy) is 3. The molecule has 2 aromatic carbocycles. The number of nitrogens with two attached hydrogens (primary N) is 1. The number of aromatic amines is 1. The van der Waals surface area contributed by atoms with E-state index >= 15 is 4.39 Å². The lowest BCUT2D eigenvalue weighted by Crippen LogP contribution is -2.18. The molecule has 0 spiro atoms. The van der Waals surface area contributed by atoms with Gasteiger partial charge in [-0.15, -0.1) is 9.78 Å². The molecule has 2 heterocycles. The van der Waals surface area contributed by atoms with Crippen LogP contribution in [0.25, 0.3) is 5.95 Å². The first-order chi connectivity index (χ1) is 20.2. The highest BCUT2D eigenvalue weighted by atomic mass is 19.1. The van der Waals surface area contributed by atoms with Crippen LogP contribution in [0.15, 0.2) is 76.8 Å². The zero-order valence-electron chi connectivity index (χ0n) is 23.1. The minimum Gasteiger partial charge on any atom is -0.497 e. The van der Waals surface area contributed by atoms with Gasteiger partial charge in [0.05, 0.1) is 13.7 Å². The second-order valence-corrected chi connectivity index (χ2v) is 8.90. The first-order valence-electron chi connectivity index (χ1n) is 12.7. The van der Waals surface area contributed by atoms with Crippen molar-refractivity contribution >= 4 is 17.6 Å². The third-order valence-electron chi connectivity index (χ3n) is 5.68. The fourth-order valence-corrected chi connectivity index (χ4v) is 3.77.